The van der Waals surface area contributed by atoms with E-state index in [-0.39, 0.29) is 11.8 Å². The van der Waals surface area contributed by atoms with Gasteiger partial charge in [-0.15, -0.1) is 0 Å². The monoisotopic (exact) mass is 493 g/mol. The summed E-state index contributed by atoms with van der Waals surface area (Å²) in [6.45, 7) is 3.23. The van der Waals surface area contributed by atoms with E-state index in [1.807, 2.05) is 6.07 Å². The van der Waals surface area contributed by atoms with Gasteiger partial charge in [-0.2, -0.15) is 13.2 Å². The molecule has 2 aromatic carbocycles. The van der Waals surface area contributed by atoms with Gasteiger partial charge in [0.1, 0.15) is 6.04 Å². The molecule has 2 aliphatic heterocycles. The lowest BCUT2D eigenvalue weighted by Gasteiger charge is -2.34. The summed E-state index contributed by atoms with van der Waals surface area (Å²) in [6.07, 6.45) is -0.299. The first-order valence-corrected chi connectivity index (χ1v) is 11.8. The molecule has 182 valence electrons. The number of fused-ring (bicyclic) bond motifs is 1. The molecular formula is C25H27ClF3N3O2. The third-order valence-corrected chi connectivity index (χ3v) is 6.75. The molecule has 2 aliphatic rings. The molecule has 2 amide bonds. The number of benzene rings is 2. The van der Waals surface area contributed by atoms with Crippen LogP contribution in [0.15, 0.2) is 36.4 Å². The first-order valence-electron chi connectivity index (χ1n) is 11.4. The lowest BCUT2D eigenvalue weighted by molar-refractivity contribution is -0.138. The number of hydrogen-bond donors (Lipinski definition) is 1. The van der Waals surface area contributed by atoms with E-state index in [4.69, 9.17) is 11.6 Å². The van der Waals surface area contributed by atoms with Gasteiger partial charge in [0, 0.05) is 32.2 Å². The van der Waals surface area contributed by atoms with E-state index < -0.39 is 17.8 Å². The summed E-state index contributed by atoms with van der Waals surface area (Å²) >= 11 is 6.64. The zero-order valence-corrected chi connectivity index (χ0v) is 19.7. The molecule has 2 heterocycles. The summed E-state index contributed by atoms with van der Waals surface area (Å²) in [6, 6.07) is 8.28. The minimum Gasteiger partial charge on any atom is -0.366 e. The summed E-state index contributed by atoms with van der Waals surface area (Å²) in [7, 11) is 0. The highest BCUT2D eigenvalue weighted by molar-refractivity contribution is 6.34. The van der Waals surface area contributed by atoms with Crippen molar-refractivity contribution in [3.8, 4) is 0 Å². The number of carbonyl (C=O) groups excluding carboxylic acids is 2. The molecule has 1 N–H and O–H groups in total. The van der Waals surface area contributed by atoms with Crippen LogP contribution in [-0.2, 0) is 28.7 Å². The fourth-order valence-electron chi connectivity index (χ4n) is 4.83. The third-order valence-electron chi connectivity index (χ3n) is 6.46. The predicted molar refractivity (Wildman–Crippen MR) is 126 cm³/mol. The predicted octanol–water partition coefficient (Wildman–Crippen LogP) is 5.65. The second-order valence-corrected chi connectivity index (χ2v) is 9.31. The van der Waals surface area contributed by atoms with Crippen molar-refractivity contribution in [1.29, 1.82) is 0 Å². The number of carbonyl (C=O) groups is 2. The molecule has 0 unspecified atom stereocenters. The van der Waals surface area contributed by atoms with Crippen LogP contribution in [0, 0.1) is 0 Å². The molecule has 34 heavy (non-hydrogen) atoms. The molecule has 4 rings (SSSR count). The molecular weight excluding hydrogens is 467 g/mol. The van der Waals surface area contributed by atoms with Crippen molar-refractivity contribution >= 4 is 34.8 Å². The van der Waals surface area contributed by atoms with Crippen molar-refractivity contribution in [2.75, 3.05) is 23.3 Å². The maximum atomic E-state index is 12.9. The number of hydrogen-bond acceptors (Lipinski definition) is 3. The van der Waals surface area contributed by atoms with E-state index >= 15 is 0 Å². The van der Waals surface area contributed by atoms with Gasteiger partial charge < -0.3 is 15.1 Å². The Kier molecular flexibility index (Phi) is 7.07. The summed E-state index contributed by atoms with van der Waals surface area (Å²) in [4.78, 5) is 28.5. The number of nitrogens with zero attached hydrogens (tertiary/aromatic N) is 2. The van der Waals surface area contributed by atoms with Gasteiger partial charge in [-0.05, 0) is 67.5 Å². The van der Waals surface area contributed by atoms with Crippen molar-refractivity contribution in [3.63, 3.8) is 0 Å². The zero-order valence-electron chi connectivity index (χ0n) is 18.9. The van der Waals surface area contributed by atoms with Crippen LogP contribution in [0.5, 0.6) is 0 Å². The van der Waals surface area contributed by atoms with Gasteiger partial charge >= 0.3 is 6.18 Å². The summed E-state index contributed by atoms with van der Waals surface area (Å²) in [5.41, 5.74) is 2.49. The molecule has 0 radical (unpaired) electrons. The fourth-order valence-corrected chi connectivity index (χ4v) is 5.19. The smallest absolute Gasteiger partial charge is 0.366 e. The topological polar surface area (TPSA) is 52.7 Å². The first kappa shape index (κ1) is 24.4. The largest absolute Gasteiger partial charge is 0.416 e. The molecule has 1 fully saturated rings. The van der Waals surface area contributed by atoms with Gasteiger partial charge in [-0.1, -0.05) is 23.7 Å². The summed E-state index contributed by atoms with van der Waals surface area (Å²) in [5, 5.41) is 3.41. The highest BCUT2D eigenvalue weighted by atomic mass is 35.5. The Bertz CT molecular complexity index is 1070. The van der Waals surface area contributed by atoms with E-state index in [9.17, 15) is 22.8 Å². The van der Waals surface area contributed by atoms with Crippen LogP contribution in [-0.4, -0.2) is 35.8 Å². The van der Waals surface area contributed by atoms with E-state index in [1.54, 1.807) is 11.0 Å². The van der Waals surface area contributed by atoms with Crippen molar-refractivity contribution < 1.29 is 22.8 Å². The lowest BCUT2D eigenvalue weighted by Crippen LogP contribution is -2.49. The maximum absolute atomic E-state index is 12.9. The minimum atomic E-state index is -4.36. The van der Waals surface area contributed by atoms with Crippen LogP contribution in [0.1, 0.15) is 49.3 Å². The molecule has 0 aliphatic carbocycles. The Balaban J connectivity index is 1.51. The number of halogens is 4. The number of likely N-dealkylation sites (tertiary alicyclic amines) is 1. The average Bonchev–Trinajstić information content (AvgIpc) is 2.78. The van der Waals surface area contributed by atoms with Crippen LogP contribution in [0.2, 0.25) is 5.02 Å². The van der Waals surface area contributed by atoms with Gasteiger partial charge in [0.15, 0.2) is 0 Å². The van der Waals surface area contributed by atoms with Gasteiger partial charge in [0.2, 0.25) is 11.8 Å². The quantitative estimate of drug-likeness (QED) is 0.598. The van der Waals surface area contributed by atoms with Gasteiger partial charge in [-0.3, -0.25) is 9.59 Å². The Morgan fingerprint density at radius 2 is 1.82 bits per heavy atom. The molecule has 1 saturated heterocycles. The van der Waals surface area contributed by atoms with Crippen LogP contribution < -0.4 is 10.2 Å². The second-order valence-electron chi connectivity index (χ2n) is 8.90. The SMILES string of the molecule is CC(=O)N1CCCC[C@@H]1C(=O)Nc1cc(Cl)c2c(c1)CCCN2Cc1ccc(C(F)(F)F)cc1. The highest BCUT2D eigenvalue weighted by Gasteiger charge is 2.32. The van der Waals surface area contributed by atoms with Crippen molar-refractivity contribution in [3.05, 3.63) is 58.1 Å². The molecule has 0 spiro atoms. The molecule has 1 atom stereocenters. The Morgan fingerprint density at radius 3 is 2.50 bits per heavy atom. The molecule has 0 saturated carbocycles. The molecule has 0 aromatic heterocycles. The highest BCUT2D eigenvalue weighted by Crippen LogP contribution is 2.38. The Hall–Kier alpha value is -2.74. The summed E-state index contributed by atoms with van der Waals surface area (Å²) < 4.78 is 38.6. The van der Waals surface area contributed by atoms with Gasteiger partial charge in [0.05, 0.1) is 16.3 Å². The van der Waals surface area contributed by atoms with Crippen molar-refractivity contribution in [2.45, 2.75) is 57.8 Å². The lowest BCUT2D eigenvalue weighted by atomic mass is 9.99. The number of nitrogens with one attached hydrogen (secondary N) is 1. The number of alkyl halides is 3. The van der Waals surface area contributed by atoms with Crippen LogP contribution in [0.3, 0.4) is 0 Å². The number of anilines is 2. The molecule has 5 nitrogen and oxygen atoms in total. The molecule has 0 bridgehead atoms. The van der Waals surface area contributed by atoms with E-state index in [0.717, 1.165) is 61.2 Å². The Morgan fingerprint density at radius 1 is 1.09 bits per heavy atom. The zero-order chi connectivity index (χ0) is 24.5. The van der Waals surface area contributed by atoms with E-state index in [0.29, 0.717) is 30.2 Å². The van der Waals surface area contributed by atoms with Crippen LogP contribution in [0.25, 0.3) is 0 Å². The van der Waals surface area contributed by atoms with Crippen molar-refractivity contribution in [1.82, 2.24) is 4.90 Å². The van der Waals surface area contributed by atoms with Gasteiger partial charge in [0.25, 0.3) is 0 Å². The maximum Gasteiger partial charge on any atom is 0.416 e. The Labute approximate surface area is 201 Å². The fraction of sp³-hybridized carbons (Fsp3) is 0.440. The summed E-state index contributed by atoms with van der Waals surface area (Å²) in [5.74, 6) is -0.328. The first-order chi connectivity index (χ1) is 16.1. The molecule has 9 heteroatoms. The average molecular weight is 494 g/mol. The normalized spacial score (nSPS) is 18.4. The number of rotatable bonds is 4. The number of amides is 2. The van der Waals surface area contributed by atoms with Crippen LogP contribution >= 0.6 is 11.6 Å². The number of piperidine rings is 1. The van der Waals surface area contributed by atoms with E-state index in [1.165, 1.54) is 19.1 Å². The third kappa shape index (κ3) is 5.32. The van der Waals surface area contributed by atoms with Crippen LogP contribution in [0.4, 0.5) is 24.5 Å². The standard InChI is InChI=1S/C25H27ClF3N3O2/c1-16(33)32-12-3-2-6-22(32)24(34)30-20-13-18-5-4-11-31(23(18)21(26)14-20)15-17-7-9-19(10-8-17)25(27,28)29/h7-10,13-14,22H,2-6,11-12,15H2,1H3,(H,30,34)/t22-/m1/s1. The minimum absolute atomic E-state index is 0.109. The van der Waals surface area contributed by atoms with E-state index in [2.05, 4.69) is 10.2 Å². The molecule has 2 aromatic rings. The van der Waals surface area contributed by atoms with Gasteiger partial charge in [-0.25, -0.2) is 0 Å². The second kappa shape index (κ2) is 9.86. The number of aryl methyl sites for hydroxylation is 1. The van der Waals surface area contributed by atoms with Crippen molar-refractivity contribution in [2.24, 2.45) is 0 Å².